The van der Waals surface area contributed by atoms with Crippen LogP contribution in [0.3, 0.4) is 0 Å². The van der Waals surface area contributed by atoms with E-state index in [-0.39, 0.29) is 16.3 Å². The van der Waals surface area contributed by atoms with E-state index in [0.29, 0.717) is 24.7 Å². The first-order chi connectivity index (χ1) is 11.0. The van der Waals surface area contributed by atoms with E-state index in [1.54, 1.807) is 6.07 Å². The Bertz CT molecular complexity index is 865. The van der Waals surface area contributed by atoms with Gasteiger partial charge in [0.05, 0.1) is 15.5 Å². The summed E-state index contributed by atoms with van der Waals surface area (Å²) in [5, 5.41) is 10.8. The summed E-state index contributed by atoms with van der Waals surface area (Å²) in [5.74, 6) is 0.977. The van der Waals surface area contributed by atoms with Gasteiger partial charge in [-0.2, -0.15) is 0 Å². The summed E-state index contributed by atoms with van der Waals surface area (Å²) in [6.45, 7) is 0.819. The van der Waals surface area contributed by atoms with Gasteiger partial charge in [0.25, 0.3) is 15.7 Å². The number of nitro groups is 1. The highest BCUT2D eigenvalue weighted by molar-refractivity contribution is 7.92. The van der Waals surface area contributed by atoms with E-state index in [0.717, 1.165) is 6.07 Å². The van der Waals surface area contributed by atoms with Crippen LogP contribution >= 0.6 is 0 Å². The molecule has 1 heterocycles. The molecule has 1 aliphatic heterocycles. The molecule has 0 spiro atoms. The maximum absolute atomic E-state index is 12.3. The average Bonchev–Trinajstić information content (AvgIpc) is 2.54. The molecule has 0 atom stereocenters. The lowest BCUT2D eigenvalue weighted by Gasteiger charge is -2.19. The third-order valence-corrected chi connectivity index (χ3v) is 4.51. The first-order valence-electron chi connectivity index (χ1n) is 6.63. The van der Waals surface area contributed by atoms with Crippen LogP contribution < -0.4 is 14.2 Å². The van der Waals surface area contributed by atoms with Crippen LogP contribution in [0, 0.1) is 10.1 Å². The SMILES string of the molecule is O=[N+]([O-])c1cccc(S(=O)(=O)Nc2ccc3c(c2)OCCO3)c1. The third kappa shape index (κ3) is 3.19. The summed E-state index contributed by atoms with van der Waals surface area (Å²) < 4.78 is 37.8. The Labute approximate surface area is 131 Å². The number of ether oxygens (including phenoxy) is 2. The van der Waals surface area contributed by atoms with Gasteiger partial charge in [-0.05, 0) is 18.2 Å². The van der Waals surface area contributed by atoms with Crippen molar-refractivity contribution < 1.29 is 22.8 Å². The molecule has 0 aliphatic carbocycles. The molecule has 0 saturated carbocycles. The molecule has 0 amide bonds. The maximum atomic E-state index is 12.3. The Morgan fingerprint density at radius 1 is 1.04 bits per heavy atom. The van der Waals surface area contributed by atoms with Gasteiger partial charge >= 0.3 is 0 Å². The molecule has 9 heteroatoms. The molecule has 3 rings (SSSR count). The molecule has 0 bridgehead atoms. The van der Waals surface area contributed by atoms with Gasteiger partial charge in [-0.3, -0.25) is 14.8 Å². The Morgan fingerprint density at radius 3 is 2.52 bits per heavy atom. The number of anilines is 1. The summed E-state index contributed by atoms with van der Waals surface area (Å²) >= 11 is 0. The molecule has 0 saturated heterocycles. The highest BCUT2D eigenvalue weighted by atomic mass is 32.2. The molecule has 8 nitrogen and oxygen atoms in total. The van der Waals surface area contributed by atoms with E-state index in [2.05, 4.69) is 4.72 Å². The smallest absolute Gasteiger partial charge is 0.270 e. The summed E-state index contributed by atoms with van der Waals surface area (Å²) in [4.78, 5) is 9.92. The normalized spacial score (nSPS) is 13.4. The van der Waals surface area contributed by atoms with Crippen LogP contribution in [-0.2, 0) is 10.0 Å². The van der Waals surface area contributed by atoms with Crippen LogP contribution in [0.1, 0.15) is 0 Å². The van der Waals surface area contributed by atoms with Crippen LogP contribution in [-0.4, -0.2) is 26.6 Å². The van der Waals surface area contributed by atoms with Crippen LogP contribution in [0.15, 0.2) is 47.4 Å². The van der Waals surface area contributed by atoms with Crippen molar-refractivity contribution in [3.63, 3.8) is 0 Å². The number of benzene rings is 2. The molecule has 1 N–H and O–H groups in total. The fraction of sp³-hybridized carbons (Fsp3) is 0.143. The largest absolute Gasteiger partial charge is 0.486 e. The molecule has 2 aromatic carbocycles. The minimum atomic E-state index is -3.95. The van der Waals surface area contributed by atoms with Gasteiger partial charge in [-0.15, -0.1) is 0 Å². The first kappa shape index (κ1) is 15.1. The van der Waals surface area contributed by atoms with E-state index in [1.165, 1.54) is 30.3 Å². The quantitative estimate of drug-likeness (QED) is 0.677. The fourth-order valence-electron chi connectivity index (χ4n) is 2.09. The summed E-state index contributed by atoms with van der Waals surface area (Å²) in [7, 11) is -3.95. The minimum Gasteiger partial charge on any atom is -0.486 e. The number of sulfonamides is 1. The molecular weight excluding hydrogens is 324 g/mol. The van der Waals surface area contributed by atoms with E-state index in [1.807, 2.05) is 0 Å². The second-order valence-corrected chi connectivity index (χ2v) is 6.40. The molecular formula is C14H12N2O6S. The molecule has 2 aromatic rings. The molecule has 23 heavy (non-hydrogen) atoms. The van der Waals surface area contributed by atoms with Gasteiger partial charge in [-0.25, -0.2) is 8.42 Å². The Kier molecular flexibility index (Phi) is 3.78. The number of nitrogens with one attached hydrogen (secondary N) is 1. The van der Waals surface area contributed by atoms with E-state index < -0.39 is 14.9 Å². The van der Waals surface area contributed by atoms with Crippen LogP contribution in [0.25, 0.3) is 0 Å². The zero-order valence-electron chi connectivity index (χ0n) is 11.8. The lowest BCUT2D eigenvalue weighted by molar-refractivity contribution is -0.385. The number of fused-ring (bicyclic) bond motifs is 1. The molecule has 0 fully saturated rings. The van der Waals surface area contributed by atoms with Crippen LogP contribution in [0.2, 0.25) is 0 Å². The summed E-state index contributed by atoms with van der Waals surface area (Å²) in [5.41, 5.74) is -0.0178. The Hall–Kier alpha value is -2.81. The standard InChI is InChI=1S/C14H12N2O6S/c17-16(18)11-2-1-3-12(9-11)23(19,20)15-10-4-5-13-14(8-10)22-7-6-21-13/h1-5,8-9,15H,6-7H2. The third-order valence-electron chi connectivity index (χ3n) is 3.13. The van der Waals surface area contributed by atoms with Crippen molar-refractivity contribution in [2.75, 3.05) is 17.9 Å². The number of hydrogen-bond acceptors (Lipinski definition) is 6. The highest BCUT2D eigenvalue weighted by Crippen LogP contribution is 2.33. The monoisotopic (exact) mass is 336 g/mol. The second kappa shape index (κ2) is 5.76. The van der Waals surface area contributed by atoms with Crippen LogP contribution in [0.5, 0.6) is 11.5 Å². The molecule has 0 radical (unpaired) electrons. The van der Waals surface area contributed by atoms with Gasteiger partial charge in [-0.1, -0.05) is 6.07 Å². The predicted octanol–water partition coefficient (Wildman–Crippen LogP) is 2.17. The lowest BCUT2D eigenvalue weighted by atomic mass is 10.3. The molecule has 0 aromatic heterocycles. The van der Waals surface area contributed by atoms with Gasteiger partial charge < -0.3 is 9.47 Å². The average molecular weight is 336 g/mol. The van der Waals surface area contributed by atoms with E-state index >= 15 is 0 Å². The van der Waals surface area contributed by atoms with Gasteiger partial charge in [0.1, 0.15) is 13.2 Å². The number of hydrogen-bond donors (Lipinski definition) is 1. The zero-order chi connectivity index (χ0) is 16.4. The predicted molar refractivity (Wildman–Crippen MR) is 81.3 cm³/mol. The van der Waals surface area contributed by atoms with Crippen molar-refractivity contribution in [1.82, 2.24) is 0 Å². The molecule has 120 valence electrons. The Balaban J connectivity index is 1.89. The fourth-order valence-corrected chi connectivity index (χ4v) is 3.17. The van der Waals surface area contributed by atoms with Crippen molar-refractivity contribution in [1.29, 1.82) is 0 Å². The van der Waals surface area contributed by atoms with Crippen molar-refractivity contribution in [2.24, 2.45) is 0 Å². The number of nitrogens with zero attached hydrogens (tertiary/aromatic N) is 1. The van der Waals surface area contributed by atoms with Crippen molar-refractivity contribution in [3.05, 3.63) is 52.6 Å². The van der Waals surface area contributed by atoms with Crippen molar-refractivity contribution >= 4 is 21.4 Å². The minimum absolute atomic E-state index is 0.193. The highest BCUT2D eigenvalue weighted by Gasteiger charge is 2.19. The first-order valence-corrected chi connectivity index (χ1v) is 8.11. The molecule has 0 unspecified atom stereocenters. The maximum Gasteiger partial charge on any atom is 0.270 e. The Morgan fingerprint density at radius 2 is 1.78 bits per heavy atom. The van der Waals surface area contributed by atoms with Crippen molar-refractivity contribution in [2.45, 2.75) is 4.90 Å². The van der Waals surface area contributed by atoms with Crippen LogP contribution in [0.4, 0.5) is 11.4 Å². The van der Waals surface area contributed by atoms with Gasteiger partial charge in [0, 0.05) is 18.2 Å². The van der Waals surface area contributed by atoms with Gasteiger partial charge in [0.2, 0.25) is 0 Å². The van der Waals surface area contributed by atoms with Crippen molar-refractivity contribution in [3.8, 4) is 11.5 Å². The number of non-ortho nitro benzene ring substituents is 1. The summed E-state index contributed by atoms with van der Waals surface area (Å²) in [6.07, 6.45) is 0. The second-order valence-electron chi connectivity index (χ2n) is 4.72. The van der Waals surface area contributed by atoms with Gasteiger partial charge in [0.15, 0.2) is 11.5 Å². The topological polar surface area (TPSA) is 108 Å². The number of rotatable bonds is 4. The zero-order valence-corrected chi connectivity index (χ0v) is 12.6. The number of nitro benzene ring substituents is 1. The van der Waals surface area contributed by atoms with E-state index in [4.69, 9.17) is 9.47 Å². The lowest BCUT2D eigenvalue weighted by Crippen LogP contribution is -2.16. The molecule has 1 aliphatic rings. The summed E-state index contributed by atoms with van der Waals surface area (Å²) in [6, 6.07) is 9.46. The van der Waals surface area contributed by atoms with E-state index in [9.17, 15) is 18.5 Å².